The molecule has 0 heterocycles. The molecule has 0 bridgehead atoms. The van der Waals surface area contributed by atoms with Gasteiger partial charge in [-0.1, -0.05) is 62.1 Å². The molecule has 6 nitrogen and oxygen atoms in total. The summed E-state index contributed by atoms with van der Waals surface area (Å²) >= 11 is 0. The van der Waals surface area contributed by atoms with Crippen molar-refractivity contribution in [2.24, 2.45) is 0 Å². The first-order valence-electron chi connectivity index (χ1n) is 9.44. The average molecular weight is 412 g/mol. The number of quaternary nitrogens is 1. The summed E-state index contributed by atoms with van der Waals surface area (Å²) in [5.41, 5.74) is 2.49. The Balaban J connectivity index is 0.000000434. The largest absolute Gasteiger partial charge is 0.748 e. The molecule has 0 amide bonds. The van der Waals surface area contributed by atoms with Crippen molar-refractivity contribution in [3.63, 3.8) is 0 Å². The summed E-state index contributed by atoms with van der Waals surface area (Å²) in [6.45, 7) is 0.639. The van der Waals surface area contributed by atoms with Crippen LogP contribution in [0.2, 0.25) is 0 Å². The summed E-state index contributed by atoms with van der Waals surface area (Å²) in [6, 6.07) is 20.7. The van der Waals surface area contributed by atoms with Crippen LogP contribution in [0.5, 0.6) is 0 Å². The molecule has 2 aromatic rings. The first-order valence-corrected chi connectivity index (χ1v) is 11.3. The molecule has 7 heteroatoms. The van der Waals surface area contributed by atoms with E-state index in [2.05, 4.69) is 53.8 Å². The molecular formula is C21H33NO5S. The molecule has 158 valence electrons. The Labute approximate surface area is 169 Å². The third-order valence-electron chi connectivity index (χ3n) is 3.50. The van der Waals surface area contributed by atoms with E-state index in [1.807, 2.05) is 12.1 Å². The zero-order valence-corrected chi connectivity index (χ0v) is 17.4. The van der Waals surface area contributed by atoms with Crippen LogP contribution in [0, 0.1) is 0 Å². The van der Waals surface area contributed by atoms with Gasteiger partial charge in [-0.3, -0.25) is 5.32 Å². The van der Waals surface area contributed by atoms with Crippen LogP contribution in [0.3, 0.4) is 0 Å². The number of hydrogen-bond donors (Lipinski definition) is 3. The van der Waals surface area contributed by atoms with Crippen molar-refractivity contribution >= 4 is 21.5 Å². The predicted molar refractivity (Wildman–Crippen MR) is 112 cm³/mol. The van der Waals surface area contributed by atoms with Crippen molar-refractivity contribution in [2.75, 3.05) is 19.5 Å². The lowest BCUT2D eigenvalue weighted by Gasteiger charge is -1.98. The minimum absolute atomic E-state index is 0.319. The molecule has 2 rings (SSSR count). The standard InChI is InChI=1S/C12H11N.C8H18O2.CH4O3S/c1-3-7-11(8-4-1)13-12-9-5-2-6-10-12;9-7-5-3-1-2-4-6-8-10;1-5(2,3)4/h1-10,13H;9-10H,1-8H2;1H3,(H,2,3,4). The highest BCUT2D eigenvalue weighted by atomic mass is 32.2. The zero-order chi connectivity index (χ0) is 21.1. The van der Waals surface area contributed by atoms with E-state index in [-0.39, 0.29) is 0 Å². The molecule has 2 aromatic carbocycles. The first kappa shape index (κ1) is 26.2. The fourth-order valence-electron chi connectivity index (χ4n) is 2.22. The maximum absolute atomic E-state index is 9.08. The van der Waals surface area contributed by atoms with Crippen molar-refractivity contribution in [3.8, 4) is 0 Å². The van der Waals surface area contributed by atoms with E-state index in [0.29, 0.717) is 19.5 Å². The molecule has 0 aliphatic rings. The van der Waals surface area contributed by atoms with Gasteiger partial charge in [0.2, 0.25) is 0 Å². The van der Waals surface area contributed by atoms with E-state index >= 15 is 0 Å². The van der Waals surface area contributed by atoms with E-state index in [1.165, 1.54) is 24.2 Å². The lowest BCUT2D eigenvalue weighted by atomic mass is 10.1. The fourth-order valence-corrected chi connectivity index (χ4v) is 2.22. The summed E-state index contributed by atoms with van der Waals surface area (Å²) < 4.78 is 27.2. The molecule has 0 unspecified atom stereocenters. The topological polar surface area (TPSA) is 114 Å². The van der Waals surface area contributed by atoms with Crippen LogP contribution in [-0.2, 0) is 10.1 Å². The van der Waals surface area contributed by atoms with Gasteiger partial charge in [0.1, 0.15) is 11.4 Å². The Kier molecular flexibility index (Phi) is 16.2. The van der Waals surface area contributed by atoms with E-state index in [9.17, 15) is 0 Å². The average Bonchev–Trinajstić information content (AvgIpc) is 2.66. The molecule has 0 aliphatic carbocycles. The van der Waals surface area contributed by atoms with Crippen molar-refractivity contribution in [2.45, 2.75) is 38.5 Å². The Morgan fingerprint density at radius 1 is 0.714 bits per heavy atom. The highest BCUT2D eigenvalue weighted by Crippen LogP contribution is 2.04. The molecule has 0 saturated heterocycles. The fraction of sp³-hybridized carbons (Fsp3) is 0.429. The molecular weight excluding hydrogens is 378 g/mol. The van der Waals surface area contributed by atoms with Gasteiger partial charge in [-0.15, -0.1) is 0 Å². The molecule has 0 aromatic heterocycles. The summed E-state index contributed by atoms with van der Waals surface area (Å²) in [5, 5.41) is 19.0. The third kappa shape index (κ3) is 20.5. The normalized spacial score (nSPS) is 10.3. The van der Waals surface area contributed by atoms with Crippen LogP contribution >= 0.6 is 0 Å². The molecule has 0 fully saturated rings. The number of rotatable bonds is 9. The third-order valence-corrected chi connectivity index (χ3v) is 3.50. The van der Waals surface area contributed by atoms with Gasteiger partial charge in [0.05, 0.1) is 10.1 Å². The van der Waals surface area contributed by atoms with Crippen molar-refractivity contribution in [1.82, 2.24) is 0 Å². The number of para-hydroxylation sites is 2. The van der Waals surface area contributed by atoms with Crippen LogP contribution in [-0.4, -0.2) is 42.7 Å². The molecule has 0 aliphatic heterocycles. The minimum atomic E-state index is -3.92. The predicted octanol–water partition coefficient (Wildman–Crippen LogP) is 2.69. The molecule has 4 N–H and O–H groups in total. The van der Waals surface area contributed by atoms with Crippen molar-refractivity contribution in [1.29, 1.82) is 0 Å². The van der Waals surface area contributed by atoms with Gasteiger partial charge in [0.25, 0.3) is 0 Å². The quantitative estimate of drug-likeness (QED) is 0.333. The van der Waals surface area contributed by atoms with Gasteiger partial charge < -0.3 is 14.8 Å². The zero-order valence-electron chi connectivity index (χ0n) is 16.5. The highest BCUT2D eigenvalue weighted by Gasteiger charge is 1.96. The minimum Gasteiger partial charge on any atom is -0.748 e. The van der Waals surface area contributed by atoms with Crippen LogP contribution in [0.25, 0.3) is 0 Å². The van der Waals surface area contributed by atoms with Crippen LogP contribution in [0.1, 0.15) is 38.5 Å². The van der Waals surface area contributed by atoms with Crippen LogP contribution in [0.4, 0.5) is 11.4 Å². The van der Waals surface area contributed by atoms with Crippen molar-refractivity contribution < 1.29 is 28.5 Å². The number of aliphatic hydroxyl groups is 2. The summed E-state index contributed by atoms with van der Waals surface area (Å²) in [4.78, 5) is 0. The Morgan fingerprint density at radius 3 is 1.29 bits per heavy atom. The first-order chi connectivity index (χ1) is 13.4. The van der Waals surface area contributed by atoms with Crippen molar-refractivity contribution in [3.05, 3.63) is 60.7 Å². The van der Waals surface area contributed by atoms with Crippen LogP contribution < -0.4 is 5.32 Å². The summed E-state index contributed by atoms with van der Waals surface area (Å²) in [7, 11) is -3.92. The summed E-state index contributed by atoms with van der Waals surface area (Å²) in [6.07, 6.45) is 7.11. The molecule has 28 heavy (non-hydrogen) atoms. The molecule has 0 radical (unpaired) electrons. The SMILES string of the molecule is CS(=O)(=O)[O-].OCCCCCCCCO.c1ccc([NH2+]c2ccccc2)cc1. The van der Waals surface area contributed by atoms with Gasteiger partial charge >= 0.3 is 0 Å². The monoisotopic (exact) mass is 411 g/mol. The number of hydrogen-bond acceptors (Lipinski definition) is 5. The van der Waals surface area contributed by atoms with Gasteiger partial charge in [-0.2, -0.15) is 0 Å². The lowest BCUT2D eigenvalue weighted by Crippen LogP contribution is -2.70. The van der Waals surface area contributed by atoms with E-state index in [0.717, 1.165) is 25.7 Å². The molecule has 0 atom stereocenters. The highest BCUT2D eigenvalue weighted by molar-refractivity contribution is 7.84. The number of nitrogens with two attached hydrogens (primary N) is 1. The Hall–Kier alpha value is -1.77. The van der Waals surface area contributed by atoms with E-state index < -0.39 is 10.1 Å². The molecule has 0 saturated carbocycles. The lowest BCUT2D eigenvalue weighted by molar-refractivity contribution is -0.478. The Morgan fingerprint density at radius 2 is 1.00 bits per heavy atom. The maximum atomic E-state index is 9.08. The van der Waals surface area contributed by atoms with Gasteiger partial charge in [0.15, 0.2) is 0 Å². The maximum Gasteiger partial charge on any atom is 0.134 e. The smallest absolute Gasteiger partial charge is 0.134 e. The van der Waals surface area contributed by atoms with E-state index in [1.54, 1.807) is 0 Å². The Bertz CT molecular complexity index is 625. The van der Waals surface area contributed by atoms with Gasteiger partial charge in [0, 0.05) is 19.5 Å². The second-order valence-corrected chi connectivity index (χ2v) is 7.65. The van der Waals surface area contributed by atoms with Gasteiger partial charge in [-0.25, -0.2) is 8.42 Å². The second kappa shape index (κ2) is 17.3. The van der Waals surface area contributed by atoms with Crippen LogP contribution in [0.15, 0.2) is 60.7 Å². The second-order valence-electron chi connectivity index (χ2n) is 6.24. The number of benzene rings is 2. The van der Waals surface area contributed by atoms with E-state index in [4.69, 9.17) is 23.2 Å². The summed E-state index contributed by atoms with van der Waals surface area (Å²) in [5.74, 6) is 0. The number of aliphatic hydroxyl groups excluding tert-OH is 2. The number of unbranched alkanes of at least 4 members (excludes halogenated alkanes) is 5. The molecule has 0 spiro atoms. The van der Waals surface area contributed by atoms with Gasteiger partial charge in [-0.05, 0) is 37.1 Å².